The van der Waals surface area contributed by atoms with Crippen molar-refractivity contribution in [2.24, 2.45) is 0 Å². The predicted molar refractivity (Wildman–Crippen MR) is 90.3 cm³/mol. The summed E-state index contributed by atoms with van der Waals surface area (Å²) in [6.45, 7) is 5.94. The Bertz CT molecular complexity index is 683. The van der Waals surface area contributed by atoms with Crippen LogP contribution in [0.4, 0.5) is 0 Å². The molecular weight excluding hydrogens is 332 g/mol. The Morgan fingerprint density at radius 3 is 2.33 bits per heavy atom. The highest BCUT2D eigenvalue weighted by Crippen LogP contribution is 2.17. The molecule has 2 N–H and O–H groups in total. The molecule has 0 heterocycles. The SMILES string of the molecule is CCCC(NC(=O)c1cccc(S(=O)(=O)N(CC)CC)c1)C(=O)O. The molecule has 1 atom stereocenters. The second-order valence-corrected chi connectivity index (χ2v) is 7.21. The average molecular weight is 356 g/mol. The molecule has 134 valence electrons. The van der Waals surface area contributed by atoms with Crippen LogP contribution >= 0.6 is 0 Å². The van der Waals surface area contributed by atoms with Crippen LogP contribution in [0.3, 0.4) is 0 Å². The summed E-state index contributed by atoms with van der Waals surface area (Å²) in [5.74, 6) is -1.72. The summed E-state index contributed by atoms with van der Waals surface area (Å²) in [7, 11) is -3.68. The number of carboxylic acids is 1. The number of benzene rings is 1. The summed E-state index contributed by atoms with van der Waals surface area (Å²) in [5.41, 5.74) is 0.116. The molecule has 0 saturated heterocycles. The summed E-state index contributed by atoms with van der Waals surface area (Å²) in [6.07, 6.45) is 0.909. The Morgan fingerprint density at radius 2 is 1.83 bits per heavy atom. The van der Waals surface area contributed by atoms with Gasteiger partial charge in [0.15, 0.2) is 0 Å². The van der Waals surface area contributed by atoms with E-state index in [4.69, 9.17) is 5.11 Å². The molecule has 1 aromatic carbocycles. The van der Waals surface area contributed by atoms with E-state index in [1.165, 1.54) is 28.6 Å². The minimum Gasteiger partial charge on any atom is -0.480 e. The van der Waals surface area contributed by atoms with Crippen molar-refractivity contribution < 1.29 is 23.1 Å². The Hall–Kier alpha value is -1.93. The first kappa shape index (κ1) is 20.1. The predicted octanol–water partition coefficient (Wildman–Crippen LogP) is 1.70. The second-order valence-electron chi connectivity index (χ2n) is 5.27. The molecule has 1 unspecified atom stereocenters. The number of hydrogen-bond acceptors (Lipinski definition) is 4. The minimum absolute atomic E-state index is 0.0150. The molecule has 24 heavy (non-hydrogen) atoms. The number of nitrogens with zero attached hydrogens (tertiary/aromatic N) is 1. The molecular formula is C16H24N2O5S. The molecule has 0 saturated carbocycles. The van der Waals surface area contributed by atoms with Crippen molar-refractivity contribution >= 4 is 21.9 Å². The summed E-state index contributed by atoms with van der Waals surface area (Å²) in [4.78, 5) is 23.4. The van der Waals surface area contributed by atoms with Gasteiger partial charge in [0, 0.05) is 18.7 Å². The van der Waals surface area contributed by atoms with E-state index in [0.717, 1.165) is 0 Å². The molecule has 0 fully saturated rings. The van der Waals surface area contributed by atoms with Crippen molar-refractivity contribution in [1.29, 1.82) is 0 Å². The van der Waals surface area contributed by atoms with Gasteiger partial charge in [0.25, 0.3) is 5.91 Å². The van der Waals surface area contributed by atoms with Gasteiger partial charge in [0.2, 0.25) is 10.0 Å². The highest BCUT2D eigenvalue weighted by molar-refractivity contribution is 7.89. The molecule has 0 aromatic heterocycles. The summed E-state index contributed by atoms with van der Waals surface area (Å²) < 4.78 is 26.3. The van der Waals surface area contributed by atoms with E-state index < -0.39 is 27.9 Å². The van der Waals surface area contributed by atoms with Gasteiger partial charge in [-0.2, -0.15) is 4.31 Å². The number of hydrogen-bond donors (Lipinski definition) is 2. The summed E-state index contributed by atoms with van der Waals surface area (Å²) in [6, 6.07) is 4.63. The first-order valence-electron chi connectivity index (χ1n) is 7.91. The van der Waals surface area contributed by atoms with E-state index in [0.29, 0.717) is 25.9 Å². The Labute approximate surface area is 142 Å². The maximum absolute atomic E-state index is 12.5. The lowest BCUT2D eigenvalue weighted by Gasteiger charge is -2.19. The van der Waals surface area contributed by atoms with Crippen LogP contribution in [-0.2, 0) is 14.8 Å². The van der Waals surface area contributed by atoms with Crippen molar-refractivity contribution in [1.82, 2.24) is 9.62 Å². The van der Waals surface area contributed by atoms with E-state index in [9.17, 15) is 18.0 Å². The lowest BCUT2D eigenvalue weighted by molar-refractivity contribution is -0.139. The molecule has 0 bridgehead atoms. The lowest BCUT2D eigenvalue weighted by Crippen LogP contribution is -2.40. The van der Waals surface area contributed by atoms with Crippen LogP contribution in [0.15, 0.2) is 29.2 Å². The zero-order chi connectivity index (χ0) is 18.3. The fourth-order valence-electron chi connectivity index (χ4n) is 2.30. The zero-order valence-corrected chi connectivity index (χ0v) is 15.0. The maximum Gasteiger partial charge on any atom is 0.326 e. The molecule has 8 heteroatoms. The van der Waals surface area contributed by atoms with Crippen LogP contribution in [0.2, 0.25) is 0 Å². The number of sulfonamides is 1. The van der Waals surface area contributed by atoms with E-state index in [1.54, 1.807) is 13.8 Å². The molecule has 0 radical (unpaired) electrons. The van der Waals surface area contributed by atoms with Crippen LogP contribution in [0.25, 0.3) is 0 Å². The standard InChI is InChI=1S/C16H24N2O5S/c1-4-8-14(16(20)21)17-15(19)12-9-7-10-13(11-12)24(22,23)18(5-2)6-3/h7,9-11,14H,4-6,8H2,1-3H3,(H,17,19)(H,20,21). The van der Waals surface area contributed by atoms with Crippen molar-refractivity contribution in [3.05, 3.63) is 29.8 Å². The van der Waals surface area contributed by atoms with Gasteiger partial charge in [-0.1, -0.05) is 33.3 Å². The zero-order valence-electron chi connectivity index (χ0n) is 14.2. The monoisotopic (exact) mass is 356 g/mol. The molecule has 1 amide bonds. The van der Waals surface area contributed by atoms with Gasteiger partial charge in [-0.3, -0.25) is 4.79 Å². The van der Waals surface area contributed by atoms with Gasteiger partial charge >= 0.3 is 5.97 Å². The number of rotatable bonds is 9. The molecule has 0 aliphatic heterocycles. The Kier molecular flexibility index (Phi) is 7.37. The van der Waals surface area contributed by atoms with Crippen molar-refractivity contribution in [3.63, 3.8) is 0 Å². The normalized spacial score (nSPS) is 12.8. The van der Waals surface area contributed by atoms with Crippen LogP contribution < -0.4 is 5.32 Å². The smallest absolute Gasteiger partial charge is 0.326 e. The topological polar surface area (TPSA) is 104 Å². The third-order valence-corrected chi connectivity index (χ3v) is 5.67. The fourth-order valence-corrected chi connectivity index (χ4v) is 3.80. The Balaban J connectivity index is 3.08. The van der Waals surface area contributed by atoms with E-state index in [2.05, 4.69) is 5.32 Å². The number of carboxylic acid groups (broad SMARTS) is 1. The largest absolute Gasteiger partial charge is 0.480 e. The van der Waals surface area contributed by atoms with E-state index in [1.807, 2.05) is 6.92 Å². The molecule has 0 aliphatic carbocycles. The van der Waals surface area contributed by atoms with Crippen LogP contribution in [-0.4, -0.2) is 48.8 Å². The second kappa shape index (κ2) is 8.79. The van der Waals surface area contributed by atoms with Crippen molar-refractivity contribution in [2.75, 3.05) is 13.1 Å². The van der Waals surface area contributed by atoms with E-state index in [-0.39, 0.29) is 10.5 Å². The highest BCUT2D eigenvalue weighted by Gasteiger charge is 2.24. The Morgan fingerprint density at radius 1 is 1.21 bits per heavy atom. The van der Waals surface area contributed by atoms with E-state index >= 15 is 0 Å². The van der Waals surface area contributed by atoms with Gasteiger partial charge < -0.3 is 10.4 Å². The molecule has 1 aromatic rings. The number of carbonyl (C=O) groups excluding carboxylic acids is 1. The quantitative estimate of drug-likeness (QED) is 0.701. The third kappa shape index (κ3) is 4.78. The van der Waals surface area contributed by atoms with Crippen LogP contribution in [0, 0.1) is 0 Å². The van der Waals surface area contributed by atoms with Gasteiger partial charge in [-0.25, -0.2) is 13.2 Å². The molecule has 1 rings (SSSR count). The van der Waals surface area contributed by atoms with Gasteiger partial charge in [-0.15, -0.1) is 0 Å². The number of carbonyl (C=O) groups is 2. The van der Waals surface area contributed by atoms with Crippen LogP contribution in [0.5, 0.6) is 0 Å². The number of aliphatic carboxylic acids is 1. The number of nitrogens with one attached hydrogen (secondary N) is 1. The van der Waals surface area contributed by atoms with Crippen LogP contribution in [0.1, 0.15) is 44.0 Å². The number of amides is 1. The fraction of sp³-hybridized carbons (Fsp3) is 0.500. The van der Waals surface area contributed by atoms with Gasteiger partial charge in [-0.05, 0) is 24.6 Å². The summed E-state index contributed by atoms with van der Waals surface area (Å²) in [5, 5.41) is 11.5. The average Bonchev–Trinajstić information content (AvgIpc) is 2.55. The minimum atomic E-state index is -3.68. The third-order valence-electron chi connectivity index (χ3n) is 3.62. The molecule has 0 spiro atoms. The van der Waals surface area contributed by atoms with Crippen molar-refractivity contribution in [2.45, 2.75) is 44.6 Å². The maximum atomic E-state index is 12.5. The first-order chi connectivity index (χ1) is 11.3. The van der Waals surface area contributed by atoms with Gasteiger partial charge in [0.05, 0.1) is 4.90 Å². The van der Waals surface area contributed by atoms with Crippen molar-refractivity contribution in [3.8, 4) is 0 Å². The molecule has 0 aliphatic rings. The van der Waals surface area contributed by atoms with Gasteiger partial charge in [0.1, 0.15) is 6.04 Å². The first-order valence-corrected chi connectivity index (χ1v) is 9.35. The lowest BCUT2D eigenvalue weighted by atomic mass is 10.1. The molecule has 7 nitrogen and oxygen atoms in total. The summed E-state index contributed by atoms with van der Waals surface area (Å²) >= 11 is 0. The highest BCUT2D eigenvalue weighted by atomic mass is 32.2.